The summed E-state index contributed by atoms with van der Waals surface area (Å²) >= 11 is 0. The standard InChI is InChI=1S/C12H21F3O3/c1-2-18-11(6-8-17-9-7-11)10(16)4-3-5-12(13,14)15/h10,16H,2-9H2,1H3. The second-order valence-corrected chi connectivity index (χ2v) is 4.63. The number of aliphatic hydroxyl groups is 1. The van der Waals surface area contributed by atoms with E-state index in [1.807, 2.05) is 6.92 Å². The Hall–Kier alpha value is -0.330. The Labute approximate surface area is 105 Å². The molecule has 0 aromatic rings. The predicted octanol–water partition coefficient (Wildman–Crippen LogP) is 2.67. The minimum atomic E-state index is -4.16. The van der Waals surface area contributed by atoms with Crippen molar-refractivity contribution in [3.63, 3.8) is 0 Å². The van der Waals surface area contributed by atoms with Gasteiger partial charge in [0.2, 0.25) is 0 Å². The van der Waals surface area contributed by atoms with Crippen molar-refractivity contribution in [3.8, 4) is 0 Å². The van der Waals surface area contributed by atoms with Gasteiger partial charge in [-0.25, -0.2) is 0 Å². The largest absolute Gasteiger partial charge is 0.390 e. The number of aliphatic hydroxyl groups excluding tert-OH is 1. The lowest BCUT2D eigenvalue weighted by atomic mass is 9.85. The Bertz CT molecular complexity index is 232. The van der Waals surface area contributed by atoms with E-state index in [1.54, 1.807) is 0 Å². The third-order valence-corrected chi connectivity index (χ3v) is 3.32. The molecule has 0 aliphatic carbocycles. The molecule has 0 saturated carbocycles. The Morgan fingerprint density at radius 1 is 1.33 bits per heavy atom. The lowest BCUT2D eigenvalue weighted by molar-refractivity contribution is -0.171. The van der Waals surface area contributed by atoms with Crippen molar-refractivity contribution < 1.29 is 27.8 Å². The quantitative estimate of drug-likeness (QED) is 0.806. The van der Waals surface area contributed by atoms with E-state index in [4.69, 9.17) is 9.47 Å². The third kappa shape index (κ3) is 4.74. The third-order valence-electron chi connectivity index (χ3n) is 3.32. The van der Waals surface area contributed by atoms with Gasteiger partial charge in [-0.1, -0.05) is 0 Å². The van der Waals surface area contributed by atoms with Crippen LogP contribution in [0.3, 0.4) is 0 Å². The normalized spacial score (nSPS) is 21.8. The van der Waals surface area contributed by atoms with Crippen molar-refractivity contribution in [2.75, 3.05) is 19.8 Å². The monoisotopic (exact) mass is 270 g/mol. The summed E-state index contributed by atoms with van der Waals surface area (Å²) in [6.45, 7) is 3.22. The van der Waals surface area contributed by atoms with Crippen LogP contribution in [0, 0.1) is 0 Å². The van der Waals surface area contributed by atoms with Gasteiger partial charge in [0, 0.05) is 39.1 Å². The van der Waals surface area contributed by atoms with E-state index >= 15 is 0 Å². The van der Waals surface area contributed by atoms with E-state index in [0.29, 0.717) is 32.7 Å². The lowest BCUT2D eigenvalue weighted by Gasteiger charge is -2.40. The molecular weight excluding hydrogens is 249 g/mol. The fraction of sp³-hybridized carbons (Fsp3) is 1.00. The lowest BCUT2D eigenvalue weighted by Crippen LogP contribution is -2.49. The van der Waals surface area contributed by atoms with E-state index in [9.17, 15) is 18.3 Å². The van der Waals surface area contributed by atoms with Crippen LogP contribution in [0.5, 0.6) is 0 Å². The van der Waals surface area contributed by atoms with Crippen LogP contribution >= 0.6 is 0 Å². The van der Waals surface area contributed by atoms with Crippen molar-refractivity contribution in [2.24, 2.45) is 0 Å². The summed E-state index contributed by atoms with van der Waals surface area (Å²) in [5, 5.41) is 10.1. The average molecular weight is 270 g/mol. The number of hydrogen-bond acceptors (Lipinski definition) is 3. The highest BCUT2D eigenvalue weighted by Crippen LogP contribution is 2.32. The molecule has 108 valence electrons. The number of hydrogen-bond donors (Lipinski definition) is 1. The van der Waals surface area contributed by atoms with E-state index in [-0.39, 0.29) is 12.8 Å². The molecule has 1 unspecified atom stereocenters. The molecule has 1 saturated heterocycles. The molecule has 0 amide bonds. The van der Waals surface area contributed by atoms with Crippen LogP contribution in [0.25, 0.3) is 0 Å². The molecule has 1 atom stereocenters. The molecule has 0 spiro atoms. The van der Waals surface area contributed by atoms with E-state index < -0.39 is 24.3 Å². The van der Waals surface area contributed by atoms with Gasteiger partial charge in [-0.15, -0.1) is 0 Å². The van der Waals surface area contributed by atoms with Gasteiger partial charge in [0.15, 0.2) is 0 Å². The number of ether oxygens (including phenoxy) is 2. The molecular formula is C12H21F3O3. The molecule has 1 rings (SSSR count). The highest BCUT2D eigenvalue weighted by atomic mass is 19.4. The molecule has 0 bridgehead atoms. The zero-order valence-corrected chi connectivity index (χ0v) is 10.6. The molecule has 0 aromatic heterocycles. The summed E-state index contributed by atoms with van der Waals surface area (Å²) in [6, 6.07) is 0. The van der Waals surface area contributed by atoms with Gasteiger partial charge in [0.1, 0.15) is 0 Å². The second kappa shape index (κ2) is 6.73. The van der Waals surface area contributed by atoms with E-state index in [0.717, 1.165) is 0 Å². The van der Waals surface area contributed by atoms with Crippen LogP contribution in [0.4, 0.5) is 13.2 Å². The van der Waals surface area contributed by atoms with Gasteiger partial charge in [0.25, 0.3) is 0 Å². The van der Waals surface area contributed by atoms with Crippen LogP contribution in [0.15, 0.2) is 0 Å². The maximum Gasteiger partial charge on any atom is 0.389 e. The van der Waals surface area contributed by atoms with Gasteiger partial charge in [-0.3, -0.25) is 0 Å². The number of alkyl halides is 3. The topological polar surface area (TPSA) is 38.7 Å². The van der Waals surface area contributed by atoms with Gasteiger partial charge in [-0.05, 0) is 19.8 Å². The van der Waals surface area contributed by atoms with Crippen LogP contribution in [0.1, 0.15) is 39.0 Å². The highest BCUT2D eigenvalue weighted by Gasteiger charge is 2.40. The Morgan fingerprint density at radius 2 is 1.94 bits per heavy atom. The van der Waals surface area contributed by atoms with Crippen molar-refractivity contribution >= 4 is 0 Å². The van der Waals surface area contributed by atoms with Crippen molar-refractivity contribution in [1.29, 1.82) is 0 Å². The smallest absolute Gasteiger partial charge is 0.389 e. The summed E-state index contributed by atoms with van der Waals surface area (Å²) in [5.41, 5.74) is -0.724. The van der Waals surface area contributed by atoms with Crippen LogP contribution < -0.4 is 0 Å². The fourth-order valence-corrected chi connectivity index (χ4v) is 2.34. The van der Waals surface area contributed by atoms with E-state index in [2.05, 4.69) is 0 Å². The average Bonchev–Trinajstić information content (AvgIpc) is 2.29. The Balaban J connectivity index is 2.46. The Kier molecular flexibility index (Phi) is 5.88. The van der Waals surface area contributed by atoms with Crippen molar-refractivity contribution in [2.45, 2.75) is 56.9 Å². The SMILES string of the molecule is CCOC1(C(O)CCCC(F)(F)F)CCOCC1. The van der Waals surface area contributed by atoms with Gasteiger partial charge < -0.3 is 14.6 Å². The molecule has 3 nitrogen and oxygen atoms in total. The molecule has 1 heterocycles. The van der Waals surface area contributed by atoms with Crippen LogP contribution in [-0.2, 0) is 9.47 Å². The summed E-state index contributed by atoms with van der Waals surface area (Å²) in [7, 11) is 0. The molecule has 6 heteroatoms. The molecule has 1 fully saturated rings. The summed E-state index contributed by atoms with van der Waals surface area (Å²) < 4.78 is 47.0. The summed E-state index contributed by atoms with van der Waals surface area (Å²) in [6.07, 6.45) is -4.76. The maximum absolute atomic E-state index is 12.1. The first-order valence-corrected chi connectivity index (χ1v) is 6.36. The number of halogens is 3. The molecule has 18 heavy (non-hydrogen) atoms. The first kappa shape index (κ1) is 15.7. The molecule has 1 aliphatic heterocycles. The van der Waals surface area contributed by atoms with E-state index in [1.165, 1.54) is 0 Å². The zero-order valence-electron chi connectivity index (χ0n) is 10.6. The van der Waals surface area contributed by atoms with Gasteiger partial charge in [-0.2, -0.15) is 13.2 Å². The molecule has 0 aromatic carbocycles. The zero-order chi connectivity index (χ0) is 13.6. The maximum atomic E-state index is 12.1. The summed E-state index contributed by atoms with van der Waals surface area (Å²) in [4.78, 5) is 0. The van der Waals surface area contributed by atoms with Crippen molar-refractivity contribution in [3.05, 3.63) is 0 Å². The minimum absolute atomic E-state index is 0.0691. The van der Waals surface area contributed by atoms with Crippen LogP contribution in [-0.4, -0.2) is 42.8 Å². The van der Waals surface area contributed by atoms with Gasteiger partial charge in [0.05, 0.1) is 11.7 Å². The Morgan fingerprint density at radius 3 is 2.44 bits per heavy atom. The summed E-state index contributed by atoms with van der Waals surface area (Å²) in [5.74, 6) is 0. The first-order valence-electron chi connectivity index (χ1n) is 6.36. The minimum Gasteiger partial charge on any atom is -0.390 e. The molecule has 1 aliphatic rings. The van der Waals surface area contributed by atoms with Crippen molar-refractivity contribution in [1.82, 2.24) is 0 Å². The molecule has 0 radical (unpaired) electrons. The molecule has 1 N–H and O–H groups in total. The highest BCUT2D eigenvalue weighted by molar-refractivity contribution is 4.90. The van der Waals surface area contributed by atoms with Crippen LogP contribution in [0.2, 0.25) is 0 Å². The fourth-order valence-electron chi connectivity index (χ4n) is 2.34. The predicted molar refractivity (Wildman–Crippen MR) is 60.3 cm³/mol. The van der Waals surface area contributed by atoms with Gasteiger partial charge >= 0.3 is 6.18 Å². The number of rotatable bonds is 6. The second-order valence-electron chi connectivity index (χ2n) is 4.63. The first-order chi connectivity index (χ1) is 8.40.